The first-order valence-corrected chi connectivity index (χ1v) is 7.16. The fourth-order valence-electron chi connectivity index (χ4n) is 2.80. The molecule has 0 atom stereocenters. The number of hydrogen-bond donors (Lipinski definition) is 0. The highest BCUT2D eigenvalue weighted by Gasteiger charge is 2.41. The first-order chi connectivity index (χ1) is 8.45. The molecular formula is C15H18BrF3. The molecule has 1 aromatic carbocycles. The van der Waals surface area contributed by atoms with Gasteiger partial charge in [-0.1, -0.05) is 43.6 Å². The molecule has 0 fully saturated rings. The molecule has 0 saturated heterocycles. The number of fused-ring (bicyclic) bond motifs is 1. The van der Waals surface area contributed by atoms with Gasteiger partial charge in [-0.2, -0.15) is 13.2 Å². The molecule has 0 heterocycles. The minimum atomic E-state index is -4.31. The molecule has 0 radical (unpaired) electrons. The SMILES string of the molecule is CC1(C)CCC(C)(C)c2cc(C(F)(F)F)c(Br)cc21. The van der Waals surface area contributed by atoms with E-state index >= 15 is 0 Å². The summed E-state index contributed by atoms with van der Waals surface area (Å²) in [6, 6.07) is 3.00. The highest BCUT2D eigenvalue weighted by molar-refractivity contribution is 9.10. The van der Waals surface area contributed by atoms with Crippen molar-refractivity contribution in [2.24, 2.45) is 0 Å². The third kappa shape index (κ3) is 2.56. The monoisotopic (exact) mass is 334 g/mol. The van der Waals surface area contributed by atoms with Crippen molar-refractivity contribution in [1.29, 1.82) is 0 Å². The summed E-state index contributed by atoms with van der Waals surface area (Å²) in [5.41, 5.74) is 1.02. The molecule has 1 aromatic rings. The second-order valence-electron chi connectivity index (χ2n) is 6.64. The van der Waals surface area contributed by atoms with Gasteiger partial charge in [-0.25, -0.2) is 0 Å². The number of rotatable bonds is 0. The maximum Gasteiger partial charge on any atom is 0.417 e. The van der Waals surface area contributed by atoms with Crippen molar-refractivity contribution < 1.29 is 13.2 Å². The zero-order valence-corrected chi connectivity index (χ0v) is 13.2. The topological polar surface area (TPSA) is 0 Å². The zero-order chi connectivity index (χ0) is 14.6. The predicted octanol–water partition coefficient (Wildman–Crippen LogP) is 5.82. The van der Waals surface area contributed by atoms with Crippen LogP contribution in [0.5, 0.6) is 0 Å². The van der Waals surface area contributed by atoms with E-state index in [1.165, 1.54) is 6.07 Å². The van der Waals surface area contributed by atoms with Crippen LogP contribution in [0.25, 0.3) is 0 Å². The molecule has 1 aliphatic carbocycles. The second-order valence-corrected chi connectivity index (χ2v) is 7.50. The minimum Gasteiger partial charge on any atom is -0.166 e. The van der Waals surface area contributed by atoms with Crippen LogP contribution in [0.1, 0.15) is 57.2 Å². The van der Waals surface area contributed by atoms with Crippen LogP contribution in [-0.2, 0) is 17.0 Å². The van der Waals surface area contributed by atoms with Gasteiger partial charge >= 0.3 is 6.18 Å². The Morgan fingerprint density at radius 2 is 1.37 bits per heavy atom. The zero-order valence-electron chi connectivity index (χ0n) is 11.6. The highest BCUT2D eigenvalue weighted by Crippen LogP contribution is 2.49. The van der Waals surface area contributed by atoms with Crippen molar-refractivity contribution in [3.63, 3.8) is 0 Å². The van der Waals surface area contributed by atoms with Crippen LogP contribution < -0.4 is 0 Å². The Morgan fingerprint density at radius 1 is 0.947 bits per heavy atom. The van der Waals surface area contributed by atoms with Crippen molar-refractivity contribution in [2.45, 2.75) is 57.5 Å². The Labute approximate surface area is 120 Å². The van der Waals surface area contributed by atoms with Crippen LogP contribution in [-0.4, -0.2) is 0 Å². The van der Waals surface area contributed by atoms with Crippen LogP contribution in [0, 0.1) is 0 Å². The molecule has 0 N–H and O–H groups in total. The van der Waals surface area contributed by atoms with Crippen LogP contribution in [0.4, 0.5) is 13.2 Å². The summed E-state index contributed by atoms with van der Waals surface area (Å²) in [6.45, 7) is 8.24. The van der Waals surface area contributed by atoms with Gasteiger partial charge < -0.3 is 0 Å². The Bertz CT molecular complexity index is 513. The number of benzene rings is 1. The summed E-state index contributed by atoms with van der Waals surface area (Å²) in [5.74, 6) is 0. The van der Waals surface area contributed by atoms with Gasteiger partial charge in [0.25, 0.3) is 0 Å². The fraction of sp³-hybridized carbons (Fsp3) is 0.600. The van der Waals surface area contributed by atoms with Gasteiger partial charge in [-0.15, -0.1) is 0 Å². The van der Waals surface area contributed by atoms with E-state index in [0.29, 0.717) is 0 Å². The summed E-state index contributed by atoms with van der Waals surface area (Å²) in [6.07, 6.45) is -2.41. The molecule has 0 nitrogen and oxygen atoms in total. The summed E-state index contributed by atoms with van der Waals surface area (Å²) in [4.78, 5) is 0. The van der Waals surface area contributed by atoms with Gasteiger partial charge in [-0.3, -0.25) is 0 Å². The van der Waals surface area contributed by atoms with Crippen molar-refractivity contribution in [3.8, 4) is 0 Å². The maximum absolute atomic E-state index is 13.0. The lowest BCUT2D eigenvalue weighted by atomic mass is 9.63. The van der Waals surface area contributed by atoms with Gasteiger partial charge in [0.15, 0.2) is 0 Å². The summed E-state index contributed by atoms with van der Waals surface area (Å²) >= 11 is 3.08. The van der Waals surface area contributed by atoms with Gasteiger partial charge in [0, 0.05) is 4.47 Å². The number of alkyl halides is 3. The number of hydrogen-bond acceptors (Lipinski definition) is 0. The minimum absolute atomic E-state index is 0.0719. The van der Waals surface area contributed by atoms with Crippen LogP contribution in [0.3, 0.4) is 0 Å². The molecule has 0 bridgehead atoms. The lowest BCUT2D eigenvalue weighted by Crippen LogP contribution is -2.34. The van der Waals surface area contributed by atoms with Crippen LogP contribution in [0.2, 0.25) is 0 Å². The maximum atomic E-state index is 13.0. The largest absolute Gasteiger partial charge is 0.417 e. The average Bonchev–Trinajstić information content (AvgIpc) is 2.23. The molecule has 0 saturated carbocycles. The van der Waals surface area contributed by atoms with Gasteiger partial charge in [0.05, 0.1) is 5.56 Å². The second kappa shape index (κ2) is 4.24. The van der Waals surface area contributed by atoms with E-state index in [1.54, 1.807) is 6.07 Å². The first kappa shape index (κ1) is 14.9. The highest BCUT2D eigenvalue weighted by atomic mass is 79.9. The normalized spacial score (nSPS) is 21.1. The van der Waals surface area contributed by atoms with Gasteiger partial charge in [0.2, 0.25) is 0 Å². The molecule has 0 aliphatic heterocycles. The smallest absolute Gasteiger partial charge is 0.166 e. The fourth-order valence-corrected chi connectivity index (χ4v) is 3.37. The standard InChI is InChI=1S/C15H18BrF3/c1-13(2)5-6-14(3,4)10-8-12(16)11(7-9(10)13)15(17,18)19/h7-8H,5-6H2,1-4H3. The van der Waals surface area contributed by atoms with E-state index in [1.807, 2.05) is 13.8 Å². The van der Waals surface area contributed by atoms with E-state index in [9.17, 15) is 13.2 Å². The molecule has 1 aliphatic rings. The Kier molecular flexibility index (Phi) is 3.32. The van der Waals surface area contributed by atoms with E-state index in [2.05, 4.69) is 29.8 Å². The van der Waals surface area contributed by atoms with E-state index in [0.717, 1.165) is 24.0 Å². The average molecular weight is 335 g/mol. The molecule has 0 unspecified atom stereocenters. The summed E-state index contributed by atoms with van der Waals surface area (Å²) in [7, 11) is 0. The molecule has 0 amide bonds. The molecule has 106 valence electrons. The third-order valence-corrected chi connectivity index (χ3v) is 4.90. The first-order valence-electron chi connectivity index (χ1n) is 6.37. The van der Waals surface area contributed by atoms with Crippen molar-refractivity contribution in [3.05, 3.63) is 33.3 Å². The molecule has 2 rings (SSSR count). The van der Waals surface area contributed by atoms with Gasteiger partial charge in [0.1, 0.15) is 0 Å². The molecule has 19 heavy (non-hydrogen) atoms. The molecule has 0 spiro atoms. The summed E-state index contributed by atoms with van der Waals surface area (Å²) in [5, 5.41) is 0. The predicted molar refractivity (Wildman–Crippen MR) is 74.4 cm³/mol. The number of halogens is 4. The Balaban J connectivity index is 2.72. The Morgan fingerprint density at radius 3 is 1.79 bits per heavy atom. The lowest BCUT2D eigenvalue weighted by molar-refractivity contribution is -0.138. The molecule has 0 aromatic heterocycles. The summed E-state index contributed by atoms with van der Waals surface area (Å²) < 4.78 is 39.2. The molecular weight excluding hydrogens is 317 g/mol. The molecule has 4 heteroatoms. The Hall–Kier alpha value is -0.510. The van der Waals surface area contributed by atoms with Gasteiger partial charge in [-0.05, 0) is 46.9 Å². The van der Waals surface area contributed by atoms with E-state index in [4.69, 9.17) is 0 Å². The van der Waals surface area contributed by atoms with Crippen LogP contribution in [0.15, 0.2) is 16.6 Å². The quantitative estimate of drug-likeness (QED) is 0.561. The van der Waals surface area contributed by atoms with Crippen molar-refractivity contribution in [2.75, 3.05) is 0 Å². The van der Waals surface area contributed by atoms with Crippen molar-refractivity contribution >= 4 is 15.9 Å². The van der Waals surface area contributed by atoms with E-state index < -0.39 is 11.7 Å². The van der Waals surface area contributed by atoms with Crippen molar-refractivity contribution in [1.82, 2.24) is 0 Å². The van der Waals surface area contributed by atoms with Crippen LogP contribution >= 0.6 is 15.9 Å². The third-order valence-electron chi connectivity index (χ3n) is 4.25. The lowest BCUT2D eigenvalue weighted by Gasteiger charge is -2.42. The van der Waals surface area contributed by atoms with E-state index in [-0.39, 0.29) is 15.3 Å².